The molecule has 1 aromatic heterocycles. The molecule has 0 aliphatic heterocycles. The van der Waals surface area contributed by atoms with E-state index in [4.69, 9.17) is 11.6 Å². The van der Waals surface area contributed by atoms with E-state index in [1.807, 2.05) is 0 Å². The van der Waals surface area contributed by atoms with Crippen LogP contribution < -0.4 is 0 Å². The smallest absolute Gasteiger partial charge is 0.253 e. The Morgan fingerprint density at radius 1 is 1.11 bits per heavy atom. The summed E-state index contributed by atoms with van der Waals surface area (Å²) < 4.78 is 38.9. The van der Waals surface area contributed by atoms with Gasteiger partial charge in [0.05, 0.1) is 11.3 Å². The first-order valence-electron chi connectivity index (χ1n) is 5.61. The zero-order chi connectivity index (χ0) is 14.2. The summed E-state index contributed by atoms with van der Waals surface area (Å²) in [6.45, 7) is 3.50. The Morgan fingerprint density at radius 3 is 2.32 bits per heavy atom. The van der Waals surface area contributed by atoms with Crippen LogP contribution in [-0.4, -0.2) is 4.98 Å². The summed E-state index contributed by atoms with van der Waals surface area (Å²) in [6, 6.07) is 6.81. The lowest BCUT2D eigenvalue weighted by Gasteiger charge is -2.13. The third kappa shape index (κ3) is 2.73. The number of nitrogens with zero attached hydrogens (tertiary/aromatic N) is 1. The van der Waals surface area contributed by atoms with Gasteiger partial charge in [0, 0.05) is 16.3 Å². The van der Waals surface area contributed by atoms with Crippen LogP contribution in [0.1, 0.15) is 16.8 Å². The second-order valence-electron chi connectivity index (χ2n) is 4.24. The molecule has 1 aromatic carbocycles. The molecule has 0 saturated carbocycles. The highest BCUT2D eigenvalue weighted by Gasteiger charge is 2.33. The summed E-state index contributed by atoms with van der Waals surface area (Å²) in [5, 5.41) is 0.416. The van der Waals surface area contributed by atoms with Crippen LogP contribution in [0.15, 0.2) is 30.3 Å². The maximum absolute atomic E-state index is 13.0. The highest BCUT2D eigenvalue weighted by atomic mass is 35.5. The minimum atomic E-state index is -4.41. The Bertz CT molecular complexity index is 597. The average molecular weight is 286 g/mol. The number of aromatic nitrogens is 1. The van der Waals surface area contributed by atoms with Gasteiger partial charge in [-0.1, -0.05) is 29.8 Å². The van der Waals surface area contributed by atoms with E-state index in [1.165, 1.54) is 18.2 Å². The third-order valence-electron chi connectivity index (χ3n) is 2.96. The van der Waals surface area contributed by atoms with Crippen molar-refractivity contribution in [1.82, 2.24) is 4.98 Å². The summed E-state index contributed by atoms with van der Waals surface area (Å²) in [5.41, 5.74) is 0.970. The minimum absolute atomic E-state index is 0.0417. The normalized spacial score (nSPS) is 11.7. The number of aryl methyl sites for hydroxylation is 1. The predicted octanol–water partition coefficient (Wildman–Crippen LogP) is 5.04. The molecule has 1 nitrogen and oxygen atoms in total. The Labute approximate surface area is 114 Å². The van der Waals surface area contributed by atoms with Crippen LogP contribution in [0, 0.1) is 13.8 Å². The highest BCUT2D eigenvalue weighted by molar-refractivity contribution is 6.31. The highest BCUT2D eigenvalue weighted by Crippen LogP contribution is 2.37. The number of benzene rings is 1. The van der Waals surface area contributed by atoms with Crippen molar-refractivity contribution in [3.8, 4) is 11.3 Å². The van der Waals surface area contributed by atoms with Gasteiger partial charge in [0.15, 0.2) is 0 Å². The molecule has 0 aliphatic rings. The molecule has 0 atom stereocenters. The van der Waals surface area contributed by atoms with Crippen LogP contribution in [0.25, 0.3) is 11.3 Å². The lowest BCUT2D eigenvalue weighted by molar-refractivity contribution is -0.137. The van der Waals surface area contributed by atoms with Crippen LogP contribution in [0.5, 0.6) is 0 Å². The van der Waals surface area contributed by atoms with E-state index in [0.717, 1.165) is 11.6 Å². The fourth-order valence-corrected chi connectivity index (χ4v) is 2.03. The third-order valence-corrected chi connectivity index (χ3v) is 3.35. The number of rotatable bonds is 1. The molecule has 0 unspecified atom stereocenters. The molecular formula is C14H11ClF3N. The van der Waals surface area contributed by atoms with E-state index >= 15 is 0 Å². The van der Waals surface area contributed by atoms with Crippen molar-refractivity contribution < 1.29 is 13.2 Å². The Morgan fingerprint density at radius 2 is 1.74 bits per heavy atom. The maximum atomic E-state index is 13.0. The van der Waals surface area contributed by atoms with Crippen molar-refractivity contribution in [3.63, 3.8) is 0 Å². The van der Waals surface area contributed by atoms with Gasteiger partial charge >= 0.3 is 6.18 Å². The van der Waals surface area contributed by atoms with Crippen molar-refractivity contribution in [2.75, 3.05) is 0 Å². The average Bonchev–Trinajstić information content (AvgIpc) is 2.34. The molecule has 0 spiro atoms. The number of alkyl halides is 3. The second-order valence-corrected chi connectivity index (χ2v) is 4.65. The van der Waals surface area contributed by atoms with Crippen LogP contribution in [0.2, 0.25) is 5.02 Å². The van der Waals surface area contributed by atoms with Gasteiger partial charge in [-0.05, 0) is 31.5 Å². The first-order valence-corrected chi connectivity index (χ1v) is 5.99. The molecule has 0 aliphatic carbocycles. The largest absolute Gasteiger partial charge is 0.417 e. The fourth-order valence-electron chi connectivity index (χ4n) is 1.79. The standard InChI is InChI=1S/C14H11ClF3N/c1-8-9(2)19-13(7-12(8)15)10-5-3-4-6-11(10)14(16,17)18/h3-7H,1-2H3. The van der Waals surface area contributed by atoms with Gasteiger partial charge in [-0.3, -0.25) is 4.98 Å². The summed E-state index contributed by atoms with van der Waals surface area (Å²) in [6.07, 6.45) is -4.41. The van der Waals surface area contributed by atoms with Gasteiger partial charge < -0.3 is 0 Å². The van der Waals surface area contributed by atoms with E-state index in [2.05, 4.69) is 4.98 Å². The Hall–Kier alpha value is -1.55. The topological polar surface area (TPSA) is 12.9 Å². The van der Waals surface area contributed by atoms with Crippen molar-refractivity contribution >= 4 is 11.6 Å². The lowest BCUT2D eigenvalue weighted by atomic mass is 10.0. The molecule has 0 bridgehead atoms. The monoisotopic (exact) mass is 285 g/mol. The lowest BCUT2D eigenvalue weighted by Crippen LogP contribution is -2.07. The van der Waals surface area contributed by atoms with Gasteiger partial charge in [-0.2, -0.15) is 13.2 Å². The number of hydrogen-bond acceptors (Lipinski definition) is 1. The van der Waals surface area contributed by atoms with E-state index in [0.29, 0.717) is 10.7 Å². The molecule has 0 saturated heterocycles. The van der Waals surface area contributed by atoms with Crippen molar-refractivity contribution in [3.05, 3.63) is 52.2 Å². The zero-order valence-electron chi connectivity index (χ0n) is 10.3. The quantitative estimate of drug-likeness (QED) is 0.715. The second kappa shape index (κ2) is 4.85. The van der Waals surface area contributed by atoms with Crippen molar-refractivity contribution in [2.45, 2.75) is 20.0 Å². The van der Waals surface area contributed by atoms with E-state index < -0.39 is 11.7 Å². The molecule has 2 aromatic rings. The molecule has 100 valence electrons. The molecule has 19 heavy (non-hydrogen) atoms. The van der Waals surface area contributed by atoms with Gasteiger partial charge in [-0.25, -0.2) is 0 Å². The summed E-state index contributed by atoms with van der Waals surface area (Å²) in [7, 11) is 0. The molecule has 0 radical (unpaired) electrons. The van der Waals surface area contributed by atoms with Gasteiger partial charge in [0.2, 0.25) is 0 Å². The molecule has 0 N–H and O–H groups in total. The van der Waals surface area contributed by atoms with Crippen molar-refractivity contribution in [1.29, 1.82) is 0 Å². The van der Waals surface area contributed by atoms with Crippen LogP contribution >= 0.6 is 11.6 Å². The van der Waals surface area contributed by atoms with Gasteiger partial charge in [0.1, 0.15) is 0 Å². The van der Waals surface area contributed by atoms with Crippen LogP contribution in [0.4, 0.5) is 13.2 Å². The Kier molecular flexibility index (Phi) is 3.54. The van der Waals surface area contributed by atoms with E-state index in [-0.39, 0.29) is 11.3 Å². The first kappa shape index (κ1) is 13.9. The Balaban J connectivity index is 2.67. The molecule has 1 heterocycles. The number of pyridine rings is 1. The maximum Gasteiger partial charge on any atom is 0.417 e. The molecule has 0 amide bonds. The number of halogens is 4. The van der Waals surface area contributed by atoms with E-state index in [9.17, 15) is 13.2 Å². The SMILES string of the molecule is Cc1nc(-c2ccccc2C(F)(F)F)cc(Cl)c1C. The number of hydrogen-bond donors (Lipinski definition) is 0. The van der Waals surface area contributed by atoms with Crippen molar-refractivity contribution in [2.24, 2.45) is 0 Å². The van der Waals surface area contributed by atoms with Crippen LogP contribution in [-0.2, 0) is 6.18 Å². The van der Waals surface area contributed by atoms with Gasteiger partial charge in [-0.15, -0.1) is 0 Å². The summed E-state index contributed by atoms with van der Waals surface area (Å²) >= 11 is 6.01. The zero-order valence-corrected chi connectivity index (χ0v) is 11.1. The van der Waals surface area contributed by atoms with Gasteiger partial charge in [0.25, 0.3) is 0 Å². The molecular weight excluding hydrogens is 275 g/mol. The first-order chi connectivity index (χ1) is 8.80. The van der Waals surface area contributed by atoms with Crippen LogP contribution in [0.3, 0.4) is 0 Å². The predicted molar refractivity (Wildman–Crippen MR) is 69.2 cm³/mol. The summed E-state index contributed by atoms with van der Waals surface area (Å²) in [4.78, 5) is 4.19. The van der Waals surface area contributed by atoms with E-state index in [1.54, 1.807) is 19.9 Å². The molecule has 2 rings (SSSR count). The minimum Gasteiger partial charge on any atom is -0.253 e. The molecule has 0 fully saturated rings. The summed E-state index contributed by atoms with van der Waals surface area (Å²) in [5.74, 6) is 0. The fraction of sp³-hybridized carbons (Fsp3) is 0.214. The molecule has 5 heteroatoms.